The van der Waals surface area contributed by atoms with Gasteiger partial charge in [0.1, 0.15) is 6.10 Å². The number of aromatic nitrogens is 4. The average molecular weight is 360 g/mol. The van der Waals surface area contributed by atoms with Gasteiger partial charge < -0.3 is 34.5 Å². The Labute approximate surface area is 134 Å². The van der Waals surface area contributed by atoms with Crippen LogP contribution in [0.15, 0.2) is 11.1 Å². The zero-order valence-corrected chi connectivity index (χ0v) is 13.4. The van der Waals surface area contributed by atoms with Gasteiger partial charge in [-0.25, -0.2) is 4.57 Å². The molecule has 4 N–H and O–H groups in total. The number of nitrogens with two attached hydrogens (primary N) is 1. The van der Waals surface area contributed by atoms with Crippen molar-refractivity contribution < 1.29 is 33.3 Å². The topological polar surface area (TPSA) is 182 Å². The molecule has 1 aliphatic heterocycles. The highest BCUT2D eigenvalue weighted by atomic mass is 31.2. The first-order chi connectivity index (χ1) is 11.2. The number of anilines is 1. The monoisotopic (exact) mass is 360 g/mol. The van der Waals surface area contributed by atoms with Crippen LogP contribution in [0.25, 0.3) is 11.2 Å². The van der Waals surface area contributed by atoms with Crippen molar-refractivity contribution in [1.82, 2.24) is 14.5 Å². The smallest absolute Gasteiger partial charge is 0.313 e. The second-order valence-corrected chi connectivity index (χ2v) is 6.58. The van der Waals surface area contributed by atoms with Crippen LogP contribution in [0.3, 0.4) is 0 Å². The molecule has 0 aromatic carbocycles. The molecule has 0 amide bonds. The predicted octanol–water partition coefficient (Wildman–Crippen LogP) is -3.37. The molecule has 13 heteroatoms. The summed E-state index contributed by atoms with van der Waals surface area (Å²) in [4.78, 5) is 39.5. The highest BCUT2D eigenvalue weighted by molar-refractivity contribution is 7.43. The van der Waals surface area contributed by atoms with E-state index >= 15 is 0 Å². The zero-order chi connectivity index (χ0) is 17.6. The Bertz CT molecular complexity index is 874. The summed E-state index contributed by atoms with van der Waals surface area (Å²) in [6.45, 7) is -0.594. The fourth-order valence-corrected chi connectivity index (χ4v) is 3.01. The van der Waals surface area contributed by atoms with E-state index < -0.39 is 38.4 Å². The number of aliphatic hydroxyl groups is 1. The van der Waals surface area contributed by atoms with E-state index in [1.165, 1.54) is 9.13 Å². The summed E-state index contributed by atoms with van der Waals surface area (Å²) < 4.78 is 23.2. The number of nitrogens with zero attached hydrogens (tertiary/aromatic N) is 3. The number of nitrogens with one attached hydrogen (secondary N) is 1. The molecule has 2 aromatic heterocycles. The van der Waals surface area contributed by atoms with Crippen LogP contribution in [-0.2, 0) is 20.9 Å². The minimum absolute atomic E-state index is 0.0791. The molecule has 1 saturated heterocycles. The second kappa shape index (κ2) is 5.92. The largest absolute Gasteiger partial charge is 0.790 e. The molecule has 24 heavy (non-hydrogen) atoms. The summed E-state index contributed by atoms with van der Waals surface area (Å²) in [5.41, 5.74) is 5.62. The Morgan fingerprint density at radius 1 is 1.67 bits per heavy atom. The van der Waals surface area contributed by atoms with Gasteiger partial charge in [-0.05, 0) is 0 Å². The number of aliphatic hydroxyl groups excluding tert-OH is 1. The van der Waals surface area contributed by atoms with Crippen molar-refractivity contribution in [1.29, 1.82) is 0 Å². The number of aryl methyl sites for hydroxylation is 1. The van der Waals surface area contributed by atoms with E-state index in [9.17, 15) is 24.3 Å². The maximum absolute atomic E-state index is 12.0. The number of nitrogen functional groups attached to an aromatic ring is 1. The SMILES string of the molecule is Cn1c[n+]([C@H]2C[C@H](O)[C@@H](COP(=O)([O-])[O-])O2)c2nc(N)[nH]c(=O)c21. The summed E-state index contributed by atoms with van der Waals surface area (Å²) >= 11 is 0. The summed E-state index contributed by atoms with van der Waals surface area (Å²) in [5, 5.41) is 9.97. The van der Waals surface area contributed by atoms with E-state index in [0.717, 1.165) is 0 Å². The van der Waals surface area contributed by atoms with E-state index in [0.29, 0.717) is 0 Å². The maximum atomic E-state index is 12.0. The molecule has 0 radical (unpaired) electrons. The van der Waals surface area contributed by atoms with Crippen LogP contribution in [0.4, 0.5) is 5.95 Å². The molecule has 3 heterocycles. The summed E-state index contributed by atoms with van der Waals surface area (Å²) in [6, 6.07) is 0. The number of rotatable bonds is 4. The number of phosphoric ester groups is 1. The van der Waals surface area contributed by atoms with E-state index in [1.54, 1.807) is 13.4 Å². The molecule has 0 saturated carbocycles. The molecular weight excluding hydrogens is 345 g/mol. The molecule has 2 aromatic rings. The van der Waals surface area contributed by atoms with Crippen molar-refractivity contribution in [3.8, 4) is 0 Å². The molecule has 3 rings (SSSR count). The first-order valence-electron chi connectivity index (χ1n) is 6.92. The lowest BCUT2D eigenvalue weighted by atomic mass is 10.2. The van der Waals surface area contributed by atoms with Crippen LogP contribution < -0.4 is 25.6 Å². The van der Waals surface area contributed by atoms with Crippen LogP contribution in [0.1, 0.15) is 12.6 Å². The van der Waals surface area contributed by atoms with Crippen molar-refractivity contribution in [3.05, 3.63) is 16.7 Å². The molecule has 0 spiro atoms. The van der Waals surface area contributed by atoms with Gasteiger partial charge in [0, 0.05) is 6.42 Å². The number of H-pyrrole nitrogens is 1. The predicted molar refractivity (Wildman–Crippen MR) is 74.0 cm³/mol. The van der Waals surface area contributed by atoms with E-state index in [4.69, 9.17) is 10.5 Å². The highest BCUT2D eigenvalue weighted by Gasteiger charge is 2.39. The molecule has 0 bridgehead atoms. The van der Waals surface area contributed by atoms with Gasteiger partial charge in [-0.15, -0.1) is 0 Å². The van der Waals surface area contributed by atoms with Gasteiger partial charge in [-0.2, -0.15) is 0 Å². The van der Waals surface area contributed by atoms with E-state index in [-0.39, 0.29) is 23.5 Å². The molecule has 0 aliphatic carbocycles. The Hall–Kier alpha value is -1.82. The summed E-state index contributed by atoms with van der Waals surface area (Å²) in [7, 11) is -3.53. The Morgan fingerprint density at radius 2 is 2.38 bits per heavy atom. The quantitative estimate of drug-likeness (QED) is 0.370. The van der Waals surface area contributed by atoms with Crippen molar-refractivity contribution >= 4 is 24.9 Å². The minimum atomic E-state index is -5.16. The standard InChI is InChI=1S/C11H16N5O7P/c1-15-4-16(9-8(15)10(18)14-11(12)13-9)7-2-5(17)6(23-7)3-22-24(19,20)21/h4-7,17H,2-3H2,1H3,(H4-,12,13,14,18,19,20,21)/p-1/t5-,6+,7+/m0/s1. The van der Waals surface area contributed by atoms with Crippen LogP contribution in [0, 0.1) is 0 Å². The lowest BCUT2D eigenvalue weighted by Crippen LogP contribution is -2.39. The van der Waals surface area contributed by atoms with Gasteiger partial charge in [0.05, 0.1) is 27.6 Å². The summed E-state index contributed by atoms with van der Waals surface area (Å²) in [6.07, 6.45) is -1.16. The third-order valence-corrected chi connectivity index (χ3v) is 4.17. The molecule has 1 aliphatic rings. The first kappa shape index (κ1) is 17.0. The zero-order valence-electron chi connectivity index (χ0n) is 12.5. The van der Waals surface area contributed by atoms with Gasteiger partial charge in [0.2, 0.25) is 5.52 Å². The minimum Gasteiger partial charge on any atom is -0.790 e. The molecule has 132 valence electrons. The van der Waals surface area contributed by atoms with Gasteiger partial charge in [0.15, 0.2) is 12.6 Å². The summed E-state index contributed by atoms with van der Waals surface area (Å²) in [5.74, 6) is -0.0791. The number of ether oxygens (including phenoxy) is 1. The number of fused-ring (bicyclic) bond motifs is 1. The Kier molecular flexibility index (Phi) is 4.20. The van der Waals surface area contributed by atoms with E-state index in [1.807, 2.05) is 0 Å². The lowest BCUT2D eigenvalue weighted by molar-refractivity contribution is -0.739. The Balaban J connectivity index is 1.89. The fraction of sp³-hybridized carbons (Fsp3) is 0.545. The Morgan fingerprint density at radius 3 is 3.04 bits per heavy atom. The van der Waals surface area contributed by atoms with Crippen LogP contribution >= 0.6 is 7.82 Å². The lowest BCUT2D eigenvalue weighted by Gasteiger charge is -2.30. The van der Waals surface area contributed by atoms with Crippen molar-refractivity contribution in [2.75, 3.05) is 12.3 Å². The second-order valence-electron chi connectivity index (χ2n) is 5.43. The normalized spacial score (nSPS) is 24.8. The average Bonchev–Trinajstić information content (AvgIpc) is 2.96. The van der Waals surface area contributed by atoms with Gasteiger partial charge in [-0.1, -0.05) is 4.98 Å². The third-order valence-electron chi connectivity index (χ3n) is 3.70. The van der Waals surface area contributed by atoms with Crippen molar-refractivity contribution in [3.63, 3.8) is 0 Å². The van der Waals surface area contributed by atoms with Crippen LogP contribution in [-0.4, -0.2) is 38.5 Å². The molecule has 3 atom stereocenters. The molecule has 0 unspecified atom stereocenters. The van der Waals surface area contributed by atoms with Crippen LogP contribution in [0.2, 0.25) is 0 Å². The number of hydrogen-bond donors (Lipinski definition) is 3. The van der Waals surface area contributed by atoms with Crippen molar-refractivity contribution in [2.24, 2.45) is 7.05 Å². The van der Waals surface area contributed by atoms with Gasteiger partial charge in [0.25, 0.3) is 11.5 Å². The highest BCUT2D eigenvalue weighted by Crippen LogP contribution is 2.30. The first-order valence-corrected chi connectivity index (χ1v) is 8.38. The van der Waals surface area contributed by atoms with Gasteiger partial charge >= 0.3 is 5.65 Å². The maximum Gasteiger partial charge on any atom is 0.313 e. The van der Waals surface area contributed by atoms with Crippen LogP contribution in [0.5, 0.6) is 0 Å². The number of imidazole rings is 1. The number of aromatic amines is 1. The van der Waals surface area contributed by atoms with Gasteiger partial charge in [-0.3, -0.25) is 14.3 Å². The number of phosphoric acid groups is 1. The number of hydrogen-bond acceptors (Lipinski definition) is 9. The molecule has 12 nitrogen and oxygen atoms in total. The fourth-order valence-electron chi connectivity index (χ4n) is 2.68. The molecular formula is C11H15N5O7P-. The van der Waals surface area contributed by atoms with E-state index in [2.05, 4.69) is 14.5 Å². The third kappa shape index (κ3) is 3.20. The molecule has 1 fully saturated rings. The van der Waals surface area contributed by atoms with Crippen molar-refractivity contribution in [2.45, 2.75) is 24.9 Å².